The maximum atomic E-state index is 4.94. The molecule has 0 saturated carbocycles. The Bertz CT molecular complexity index is 491. The zero-order chi connectivity index (χ0) is 13.7. The predicted molar refractivity (Wildman–Crippen MR) is 84.6 cm³/mol. The molecule has 0 radical (unpaired) electrons. The van der Waals surface area contributed by atoms with Crippen LogP contribution in [0, 0.1) is 13.8 Å². The minimum atomic E-state index is 0. The Hall–Kier alpha value is -0.316. The van der Waals surface area contributed by atoms with Crippen molar-refractivity contribution < 1.29 is 16.5 Å². The molecule has 0 nitrogen and oxygen atoms in total. The summed E-state index contributed by atoms with van der Waals surface area (Å²) in [5.41, 5.74) is 2.10. The van der Waals surface area contributed by atoms with E-state index in [1.807, 2.05) is 31.2 Å². The molecule has 0 bridgehead atoms. The molecule has 0 aliphatic heterocycles. The summed E-state index contributed by atoms with van der Waals surface area (Å²) in [5, 5.41) is 0. The Labute approximate surface area is 147 Å². The maximum Gasteiger partial charge on any atom is 0 e. The third kappa shape index (κ3) is 6.59. The summed E-state index contributed by atoms with van der Waals surface area (Å²) in [6, 6.07) is 11.2. The fourth-order valence-corrected chi connectivity index (χ4v) is 1.90. The van der Waals surface area contributed by atoms with Crippen molar-refractivity contribution in [2.75, 3.05) is 0 Å². The van der Waals surface area contributed by atoms with E-state index in [1.54, 1.807) is 12.1 Å². The first-order valence-corrected chi connectivity index (χ1v) is 6.78. The van der Waals surface area contributed by atoms with Crippen LogP contribution >= 0.6 is 0 Å². The third-order valence-corrected chi connectivity index (χ3v) is 3.75. The topological polar surface area (TPSA) is 0 Å². The van der Waals surface area contributed by atoms with Crippen molar-refractivity contribution in [3.8, 4) is 0 Å². The number of aryl methyl sites for hydroxylation is 1. The molecule has 0 aromatic heterocycles. The van der Waals surface area contributed by atoms with E-state index in [0.29, 0.717) is 0 Å². The van der Waals surface area contributed by atoms with Crippen LogP contribution in [-0.4, -0.2) is 0 Å². The van der Waals surface area contributed by atoms with Crippen LogP contribution in [0.4, 0.5) is 0 Å². The van der Waals surface area contributed by atoms with Crippen molar-refractivity contribution in [3.63, 3.8) is 0 Å². The van der Waals surface area contributed by atoms with Crippen molar-refractivity contribution in [1.29, 1.82) is 0 Å². The molecule has 2 aromatic carbocycles. The standard InChI is InChI=1S/C7H8S2.C7H7S2.Ni/c2*1-5-2-3-6(8)7(9)4-5;/h2-4,8-9H,1H3;2-4,8-9H,1H2;/q;-1;/p-4. The minimum absolute atomic E-state index is 0. The van der Waals surface area contributed by atoms with E-state index in [1.165, 1.54) is 5.56 Å². The normalized spacial score (nSPS) is 8.89. The van der Waals surface area contributed by atoms with Gasteiger partial charge in [-0.05, 0) is 6.92 Å². The first-order chi connectivity index (χ1) is 8.40. The van der Waals surface area contributed by atoms with E-state index in [-0.39, 0.29) is 16.5 Å². The molecule has 0 aliphatic carbocycles. The second-order valence-corrected chi connectivity index (χ2v) is 5.49. The van der Waals surface area contributed by atoms with Gasteiger partial charge < -0.3 is 50.5 Å². The maximum absolute atomic E-state index is 4.94. The molecule has 0 fully saturated rings. The summed E-state index contributed by atoms with van der Waals surface area (Å²) >= 11 is 19.6. The second-order valence-electron chi connectivity index (χ2n) is 3.73. The average Bonchev–Trinajstić information content (AvgIpc) is 2.30. The van der Waals surface area contributed by atoms with Gasteiger partial charge in [-0.15, -0.1) is 6.07 Å². The van der Waals surface area contributed by atoms with Crippen LogP contribution in [0.1, 0.15) is 11.1 Å². The van der Waals surface area contributed by atoms with E-state index < -0.39 is 0 Å². The van der Waals surface area contributed by atoms with E-state index in [2.05, 4.69) is 6.92 Å². The van der Waals surface area contributed by atoms with Crippen LogP contribution in [0.3, 0.4) is 0 Å². The summed E-state index contributed by atoms with van der Waals surface area (Å²) in [6.07, 6.45) is 0. The largest absolute Gasteiger partial charge is 0.794 e. The van der Waals surface area contributed by atoms with Crippen molar-refractivity contribution in [3.05, 3.63) is 54.4 Å². The summed E-state index contributed by atoms with van der Waals surface area (Å²) in [6.45, 7) is 5.71. The fraction of sp³-hybridized carbons (Fsp3) is 0.0714. The Morgan fingerprint density at radius 2 is 1.21 bits per heavy atom. The molecule has 2 rings (SSSR count). The van der Waals surface area contributed by atoms with Crippen LogP contribution in [0.25, 0.3) is 0 Å². The average molecular weight is 366 g/mol. The second kappa shape index (κ2) is 8.78. The molecule has 0 spiro atoms. The molecular formula is C14H11NiS4-5. The first kappa shape index (κ1) is 18.7. The van der Waals surface area contributed by atoms with Crippen LogP contribution in [0.2, 0.25) is 0 Å². The minimum Gasteiger partial charge on any atom is -0.794 e. The van der Waals surface area contributed by atoms with Gasteiger partial charge in [0.1, 0.15) is 0 Å². The molecule has 0 N–H and O–H groups in total. The number of rotatable bonds is 0. The van der Waals surface area contributed by atoms with Crippen molar-refractivity contribution in [1.82, 2.24) is 0 Å². The van der Waals surface area contributed by atoms with Crippen LogP contribution in [0.5, 0.6) is 0 Å². The van der Waals surface area contributed by atoms with Gasteiger partial charge in [-0.2, -0.15) is 34.4 Å². The van der Waals surface area contributed by atoms with E-state index in [0.717, 1.165) is 25.1 Å². The van der Waals surface area contributed by atoms with Gasteiger partial charge in [0.05, 0.1) is 0 Å². The van der Waals surface area contributed by atoms with E-state index in [4.69, 9.17) is 50.5 Å². The Morgan fingerprint density at radius 3 is 1.58 bits per heavy atom. The van der Waals surface area contributed by atoms with E-state index in [9.17, 15) is 0 Å². The first-order valence-electron chi connectivity index (χ1n) is 5.15. The zero-order valence-corrected chi connectivity index (χ0v) is 14.4. The molecule has 0 saturated heterocycles. The van der Waals surface area contributed by atoms with Gasteiger partial charge in [-0.25, -0.2) is 4.90 Å². The zero-order valence-electron chi connectivity index (χ0n) is 10.1. The Balaban J connectivity index is 0.000000324. The molecule has 0 aliphatic rings. The quantitative estimate of drug-likeness (QED) is 0.398. The molecule has 0 unspecified atom stereocenters. The smallest absolute Gasteiger partial charge is 0 e. The Morgan fingerprint density at radius 1 is 0.737 bits per heavy atom. The van der Waals surface area contributed by atoms with Gasteiger partial charge in [0, 0.05) is 16.5 Å². The van der Waals surface area contributed by atoms with Crippen molar-refractivity contribution in [2.24, 2.45) is 0 Å². The van der Waals surface area contributed by atoms with Crippen LogP contribution in [-0.2, 0) is 67.0 Å². The van der Waals surface area contributed by atoms with Gasteiger partial charge in [0.15, 0.2) is 0 Å². The summed E-state index contributed by atoms with van der Waals surface area (Å²) in [4.78, 5) is 3.01. The fourth-order valence-electron chi connectivity index (χ4n) is 1.17. The van der Waals surface area contributed by atoms with Gasteiger partial charge in [-0.1, -0.05) is 23.8 Å². The SMILES string of the molecule is Cc1ccc([S-])c([S-])c1.[CH2-]c1ccc([S-])c([S-])c1.[Ni]. The van der Waals surface area contributed by atoms with Gasteiger partial charge in [0.25, 0.3) is 0 Å². The molecular weight excluding hydrogens is 355 g/mol. The van der Waals surface area contributed by atoms with Gasteiger partial charge in [0.2, 0.25) is 0 Å². The molecule has 0 heterocycles. The molecule has 2 aromatic rings. The summed E-state index contributed by atoms with van der Waals surface area (Å²) in [7, 11) is 0. The summed E-state index contributed by atoms with van der Waals surface area (Å²) in [5.74, 6) is 0. The summed E-state index contributed by atoms with van der Waals surface area (Å²) < 4.78 is 0. The van der Waals surface area contributed by atoms with E-state index >= 15 is 0 Å². The monoisotopic (exact) mass is 365 g/mol. The molecule has 106 valence electrons. The molecule has 0 atom stereocenters. The number of hydrogen-bond donors (Lipinski definition) is 0. The number of hydrogen-bond acceptors (Lipinski definition) is 4. The van der Waals surface area contributed by atoms with Crippen LogP contribution in [0.15, 0.2) is 56.0 Å². The molecule has 0 amide bonds. The third-order valence-electron chi connectivity index (χ3n) is 2.11. The molecule has 5 heteroatoms. The van der Waals surface area contributed by atoms with Crippen LogP contribution < -0.4 is 0 Å². The van der Waals surface area contributed by atoms with Crippen molar-refractivity contribution in [2.45, 2.75) is 26.5 Å². The molecule has 19 heavy (non-hydrogen) atoms. The van der Waals surface area contributed by atoms with Crippen molar-refractivity contribution >= 4 is 50.5 Å². The Kier molecular flexibility index (Phi) is 8.63. The van der Waals surface area contributed by atoms with Gasteiger partial charge in [-0.3, -0.25) is 4.90 Å². The number of benzene rings is 2. The van der Waals surface area contributed by atoms with Gasteiger partial charge >= 0.3 is 0 Å². The predicted octanol–water partition coefficient (Wildman–Crippen LogP) is 3.48.